The molecule has 1 aliphatic rings. The van der Waals surface area contributed by atoms with E-state index in [1.54, 1.807) is 12.4 Å². The van der Waals surface area contributed by atoms with E-state index in [1.807, 2.05) is 0 Å². The summed E-state index contributed by atoms with van der Waals surface area (Å²) in [6.45, 7) is 0. The second-order valence-corrected chi connectivity index (χ2v) is 3.96. The van der Waals surface area contributed by atoms with Crippen molar-refractivity contribution in [2.75, 3.05) is 7.11 Å². The first kappa shape index (κ1) is 9.33. The zero-order valence-electron chi connectivity index (χ0n) is 8.86. The fourth-order valence-electron chi connectivity index (χ4n) is 1.75. The average Bonchev–Trinajstić information content (AvgIpc) is 3.08. The molecule has 82 valence electrons. The summed E-state index contributed by atoms with van der Waals surface area (Å²) in [5.74, 6) is 0.144. The SMILES string of the molecule is COC(=O)c1c[nH]c2ncc(C3CC3)nc12. The topological polar surface area (TPSA) is 67.9 Å². The van der Waals surface area contributed by atoms with Gasteiger partial charge in [-0.3, -0.25) is 0 Å². The van der Waals surface area contributed by atoms with Crippen LogP contribution in [0.25, 0.3) is 11.2 Å². The van der Waals surface area contributed by atoms with Gasteiger partial charge in [0, 0.05) is 12.1 Å². The first-order chi connectivity index (χ1) is 7.79. The summed E-state index contributed by atoms with van der Waals surface area (Å²) in [6.07, 6.45) is 5.70. The Kier molecular flexibility index (Phi) is 1.92. The van der Waals surface area contributed by atoms with Crippen molar-refractivity contribution in [1.82, 2.24) is 15.0 Å². The molecule has 1 aliphatic carbocycles. The highest BCUT2D eigenvalue weighted by molar-refractivity contribution is 6.01. The van der Waals surface area contributed by atoms with Gasteiger partial charge in [-0.25, -0.2) is 14.8 Å². The maximum Gasteiger partial charge on any atom is 0.341 e. The third-order valence-corrected chi connectivity index (χ3v) is 2.80. The Hall–Kier alpha value is -1.91. The maximum absolute atomic E-state index is 11.5. The molecular formula is C11H11N3O2. The summed E-state index contributed by atoms with van der Waals surface area (Å²) in [7, 11) is 1.36. The molecule has 5 nitrogen and oxygen atoms in total. The van der Waals surface area contributed by atoms with Crippen molar-refractivity contribution >= 4 is 17.1 Å². The van der Waals surface area contributed by atoms with Gasteiger partial charge in [-0.1, -0.05) is 0 Å². The summed E-state index contributed by atoms with van der Waals surface area (Å²) >= 11 is 0. The fourth-order valence-corrected chi connectivity index (χ4v) is 1.75. The standard InChI is InChI=1S/C11H11N3O2/c1-16-11(15)7-4-12-10-9(7)14-8(5-13-10)6-2-3-6/h4-6H,2-3H2,1H3,(H,12,13). The molecule has 0 aliphatic heterocycles. The number of carbonyl (C=O) groups is 1. The Morgan fingerprint density at radius 2 is 2.38 bits per heavy atom. The van der Waals surface area contributed by atoms with Crippen LogP contribution in [0.15, 0.2) is 12.4 Å². The maximum atomic E-state index is 11.5. The Bertz CT molecular complexity index is 557. The molecule has 1 saturated carbocycles. The van der Waals surface area contributed by atoms with Gasteiger partial charge in [0.05, 0.1) is 19.0 Å². The second-order valence-electron chi connectivity index (χ2n) is 3.96. The molecule has 0 saturated heterocycles. The van der Waals surface area contributed by atoms with Crippen LogP contribution in [0, 0.1) is 0 Å². The molecule has 0 unspecified atom stereocenters. The largest absolute Gasteiger partial charge is 0.465 e. The van der Waals surface area contributed by atoms with E-state index in [2.05, 4.69) is 15.0 Å². The molecule has 5 heteroatoms. The highest BCUT2D eigenvalue weighted by atomic mass is 16.5. The van der Waals surface area contributed by atoms with Gasteiger partial charge in [0.25, 0.3) is 0 Å². The number of H-pyrrole nitrogens is 1. The van der Waals surface area contributed by atoms with Gasteiger partial charge in [0.1, 0.15) is 11.1 Å². The van der Waals surface area contributed by atoms with Crippen molar-refractivity contribution in [2.24, 2.45) is 0 Å². The minimum absolute atomic E-state index is 0.381. The summed E-state index contributed by atoms with van der Waals surface area (Å²) in [6, 6.07) is 0. The van der Waals surface area contributed by atoms with Crippen molar-refractivity contribution in [3.05, 3.63) is 23.7 Å². The van der Waals surface area contributed by atoms with Crippen LogP contribution in [0.5, 0.6) is 0 Å². The second kappa shape index (κ2) is 3.30. The average molecular weight is 217 g/mol. The Balaban J connectivity index is 2.14. The third kappa shape index (κ3) is 1.36. The van der Waals surface area contributed by atoms with Crippen molar-refractivity contribution in [3.63, 3.8) is 0 Å². The van der Waals surface area contributed by atoms with Crippen LogP contribution in [0.3, 0.4) is 0 Å². The van der Waals surface area contributed by atoms with E-state index in [9.17, 15) is 4.79 Å². The highest BCUT2D eigenvalue weighted by Gasteiger charge is 2.26. The van der Waals surface area contributed by atoms with Crippen molar-refractivity contribution in [1.29, 1.82) is 0 Å². The van der Waals surface area contributed by atoms with Gasteiger partial charge in [-0.05, 0) is 12.8 Å². The molecule has 2 aromatic rings. The van der Waals surface area contributed by atoms with Crippen LogP contribution in [0.2, 0.25) is 0 Å². The normalized spacial score (nSPS) is 15.3. The number of ether oxygens (including phenoxy) is 1. The number of hydrogen-bond acceptors (Lipinski definition) is 4. The smallest absolute Gasteiger partial charge is 0.341 e. The Morgan fingerprint density at radius 3 is 3.06 bits per heavy atom. The molecule has 0 amide bonds. The van der Waals surface area contributed by atoms with E-state index in [4.69, 9.17) is 4.74 Å². The van der Waals surface area contributed by atoms with Crippen LogP contribution in [0.4, 0.5) is 0 Å². The number of esters is 1. The number of nitrogens with one attached hydrogen (secondary N) is 1. The van der Waals surface area contributed by atoms with Gasteiger partial charge in [0.2, 0.25) is 0 Å². The Morgan fingerprint density at radius 1 is 1.56 bits per heavy atom. The van der Waals surface area contributed by atoms with E-state index in [-0.39, 0.29) is 5.97 Å². The number of hydrogen-bond donors (Lipinski definition) is 1. The lowest BCUT2D eigenvalue weighted by atomic mass is 10.2. The molecule has 0 radical (unpaired) electrons. The molecule has 0 bridgehead atoms. The molecule has 0 atom stereocenters. The third-order valence-electron chi connectivity index (χ3n) is 2.80. The summed E-state index contributed by atoms with van der Waals surface area (Å²) in [5, 5.41) is 0. The molecule has 2 heterocycles. The number of aromatic nitrogens is 3. The molecule has 1 fully saturated rings. The minimum atomic E-state index is -0.381. The van der Waals surface area contributed by atoms with Gasteiger partial charge >= 0.3 is 5.97 Å². The van der Waals surface area contributed by atoms with Crippen LogP contribution >= 0.6 is 0 Å². The molecule has 0 aromatic carbocycles. The van der Waals surface area contributed by atoms with Crippen molar-refractivity contribution in [3.8, 4) is 0 Å². The number of rotatable bonds is 2. The molecule has 2 aromatic heterocycles. The lowest BCUT2D eigenvalue weighted by Crippen LogP contribution is -2.01. The van der Waals surface area contributed by atoms with E-state index in [0.29, 0.717) is 22.6 Å². The minimum Gasteiger partial charge on any atom is -0.465 e. The number of carbonyl (C=O) groups excluding carboxylic acids is 1. The fraction of sp³-hybridized carbons (Fsp3) is 0.364. The Labute approximate surface area is 91.9 Å². The number of fused-ring (bicyclic) bond motifs is 1. The van der Waals surface area contributed by atoms with Crippen molar-refractivity contribution < 1.29 is 9.53 Å². The number of methoxy groups -OCH3 is 1. The van der Waals surface area contributed by atoms with Gasteiger partial charge in [-0.2, -0.15) is 0 Å². The molecule has 0 spiro atoms. The highest BCUT2D eigenvalue weighted by Crippen LogP contribution is 2.39. The quantitative estimate of drug-likeness (QED) is 0.776. The van der Waals surface area contributed by atoms with Gasteiger partial charge < -0.3 is 9.72 Å². The van der Waals surface area contributed by atoms with Crippen LogP contribution in [0.1, 0.15) is 34.8 Å². The molecule has 1 N–H and O–H groups in total. The summed E-state index contributed by atoms with van der Waals surface area (Å²) in [5.41, 5.74) is 2.66. The molecule has 3 rings (SSSR count). The predicted octanol–water partition coefficient (Wildman–Crippen LogP) is 1.62. The van der Waals surface area contributed by atoms with E-state index in [1.165, 1.54) is 7.11 Å². The predicted molar refractivity (Wildman–Crippen MR) is 57.2 cm³/mol. The first-order valence-electron chi connectivity index (χ1n) is 5.22. The van der Waals surface area contributed by atoms with Crippen LogP contribution in [-0.4, -0.2) is 28.0 Å². The van der Waals surface area contributed by atoms with Crippen LogP contribution < -0.4 is 0 Å². The summed E-state index contributed by atoms with van der Waals surface area (Å²) in [4.78, 5) is 23.1. The molecular weight excluding hydrogens is 206 g/mol. The first-order valence-corrected chi connectivity index (χ1v) is 5.22. The monoisotopic (exact) mass is 217 g/mol. The van der Waals surface area contributed by atoms with Crippen molar-refractivity contribution in [2.45, 2.75) is 18.8 Å². The van der Waals surface area contributed by atoms with E-state index in [0.717, 1.165) is 18.5 Å². The number of aromatic amines is 1. The van der Waals surface area contributed by atoms with Crippen LogP contribution in [-0.2, 0) is 4.74 Å². The molecule has 16 heavy (non-hydrogen) atoms. The lowest BCUT2D eigenvalue weighted by Gasteiger charge is -1.98. The van der Waals surface area contributed by atoms with Gasteiger partial charge in [0.15, 0.2) is 5.65 Å². The zero-order valence-corrected chi connectivity index (χ0v) is 8.86. The lowest BCUT2D eigenvalue weighted by molar-refractivity contribution is 0.0603. The van der Waals surface area contributed by atoms with E-state index >= 15 is 0 Å². The summed E-state index contributed by atoms with van der Waals surface area (Å²) < 4.78 is 4.69. The van der Waals surface area contributed by atoms with Gasteiger partial charge in [-0.15, -0.1) is 0 Å². The van der Waals surface area contributed by atoms with E-state index < -0.39 is 0 Å². The zero-order chi connectivity index (χ0) is 11.1. The number of nitrogens with zero attached hydrogens (tertiary/aromatic N) is 2.